The van der Waals surface area contributed by atoms with E-state index in [4.69, 9.17) is 5.11 Å². The Labute approximate surface area is 116 Å². The average molecular weight is 279 g/mol. The zero-order valence-electron chi connectivity index (χ0n) is 11.6. The number of carbonyl (C=O) groups excluding carboxylic acids is 2. The number of carbonyl (C=O) groups is 3. The lowest BCUT2D eigenvalue weighted by molar-refractivity contribution is -0.130. The van der Waals surface area contributed by atoms with Crippen LogP contribution in [0.5, 0.6) is 0 Å². The van der Waals surface area contributed by atoms with Crippen molar-refractivity contribution in [3.05, 3.63) is 23.9 Å². The fraction of sp³-hybridized carbons (Fsp3) is 0.385. The molecule has 1 aromatic heterocycles. The molecule has 0 unspecified atom stereocenters. The first kappa shape index (κ1) is 15.6. The van der Waals surface area contributed by atoms with Gasteiger partial charge in [0.15, 0.2) is 5.69 Å². The van der Waals surface area contributed by atoms with Crippen LogP contribution in [-0.2, 0) is 9.59 Å². The maximum absolute atomic E-state index is 11.6. The van der Waals surface area contributed by atoms with E-state index in [0.29, 0.717) is 0 Å². The molecule has 1 aromatic rings. The van der Waals surface area contributed by atoms with Gasteiger partial charge in [0.1, 0.15) is 5.82 Å². The molecule has 0 atom stereocenters. The van der Waals surface area contributed by atoms with Crippen molar-refractivity contribution < 1.29 is 19.5 Å². The second kappa shape index (κ2) is 6.14. The van der Waals surface area contributed by atoms with Gasteiger partial charge in [0, 0.05) is 5.41 Å². The summed E-state index contributed by atoms with van der Waals surface area (Å²) in [6.07, 6.45) is 0. The maximum atomic E-state index is 11.6. The van der Waals surface area contributed by atoms with Gasteiger partial charge < -0.3 is 15.7 Å². The molecule has 0 saturated heterocycles. The standard InChI is InChI=1S/C13H17N3O4/c1-13(2,3)12(20)14-7-10(17)16-9-6-4-5-8(15-9)11(18)19/h4-6H,7H2,1-3H3,(H,14,20)(H,18,19)(H,15,16,17). The largest absolute Gasteiger partial charge is 0.477 e. The highest BCUT2D eigenvalue weighted by molar-refractivity contribution is 5.95. The van der Waals surface area contributed by atoms with E-state index in [9.17, 15) is 14.4 Å². The number of aromatic carboxylic acids is 1. The summed E-state index contributed by atoms with van der Waals surface area (Å²) >= 11 is 0. The second-order valence-corrected chi connectivity index (χ2v) is 5.19. The van der Waals surface area contributed by atoms with Gasteiger partial charge in [-0.25, -0.2) is 9.78 Å². The lowest BCUT2D eigenvalue weighted by Gasteiger charge is -2.17. The number of hydrogen-bond donors (Lipinski definition) is 3. The third kappa shape index (κ3) is 4.68. The number of aromatic nitrogens is 1. The number of hydrogen-bond acceptors (Lipinski definition) is 4. The molecule has 0 saturated carbocycles. The van der Waals surface area contributed by atoms with Crippen LogP contribution in [0, 0.1) is 5.41 Å². The quantitative estimate of drug-likeness (QED) is 0.758. The summed E-state index contributed by atoms with van der Waals surface area (Å²) in [6.45, 7) is 5.00. The number of rotatable bonds is 4. The van der Waals surface area contributed by atoms with Crippen molar-refractivity contribution in [1.29, 1.82) is 0 Å². The molecular weight excluding hydrogens is 262 g/mol. The molecule has 7 nitrogen and oxygen atoms in total. The van der Waals surface area contributed by atoms with Crippen LogP contribution in [0.4, 0.5) is 5.82 Å². The Bertz CT molecular complexity index is 535. The first-order chi connectivity index (χ1) is 9.20. The van der Waals surface area contributed by atoms with E-state index in [1.54, 1.807) is 20.8 Å². The highest BCUT2D eigenvalue weighted by Crippen LogP contribution is 2.12. The Morgan fingerprint density at radius 1 is 1.25 bits per heavy atom. The van der Waals surface area contributed by atoms with E-state index in [2.05, 4.69) is 15.6 Å². The number of carboxylic acid groups (broad SMARTS) is 1. The Kier molecular flexibility index (Phi) is 4.79. The number of nitrogens with one attached hydrogen (secondary N) is 2. The molecular formula is C13H17N3O4. The van der Waals surface area contributed by atoms with Crippen molar-refractivity contribution in [2.45, 2.75) is 20.8 Å². The molecule has 0 fully saturated rings. The van der Waals surface area contributed by atoms with Crippen molar-refractivity contribution in [3.8, 4) is 0 Å². The summed E-state index contributed by atoms with van der Waals surface area (Å²) in [5, 5.41) is 13.7. The molecule has 20 heavy (non-hydrogen) atoms. The molecule has 108 valence electrons. The second-order valence-electron chi connectivity index (χ2n) is 5.19. The monoisotopic (exact) mass is 279 g/mol. The van der Waals surface area contributed by atoms with Gasteiger partial charge in [-0.15, -0.1) is 0 Å². The van der Waals surface area contributed by atoms with E-state index in [-0.39, 0.29) is 24.0 Å². The number of pyridine rings is 1. The van der Waals surface area contributed by atoms with Crippen LogP contribution in [0.2, 0.25) is 0 Å². The molecule has 2 amide bonds. The summed E-state index contributed by atoms with van der Waals surface area (Å²) in [6, 6.07) is 4.26. The third-order valence-corrected chi connectivity index (χ3v) is 2.33. The van der Waals surface area contributed by atoms with Crippen LogP contribution in [0.1, 0.15) is 31.3 Å². The summed E-state index contributed by atoms with van der Waals surface area (Å²) in [5.41, 5.74) is -0.747. The zero-order chi connectivity index (χ0) is 15.3. The SMILES string of the molecule is CC(C)(C)C(=O)NCC(=O)Nc1cccc(C(=O)O)n1. The Morgan fingerprint density at radius 2 is 1.90 bits per heavy atom. The first-order valence-corrected chi connectivity index (χ1v) is 5.98. The molecule has 1 heterocycles. The minimum absolute atomic E-state index is 0.125. The number of anilines is 1. The predicted molar refractivity (Wildman–Crippen MR) is 72.3 cm³/mol. The number of nitrogens with zero attached hydrogens (tertiary/aromatic N) is 1. The van der Waals surface area contributed by atoms with Gasteiger partial charge in [-0.05, 0) is 12.1 Å². The normalized spacial score (nSPS) is 10.8. The molecule has 0 aromatic carbocycles. The lowest BCUT2D eigenvalue weighted by Crippen LogP contribution is -2.39. The number of carboxylic acids is 1. The number of amides is 2. The summed E-state index contributed by atoms with van der Waals surface area (Å²) in [7, 11) is 0. The maximum Gasteiger partial charge on any atom is 0.354 e. The minimum atomic E-state index is -1.18. The van der Waals surface area contributed by atoms with E-state index >= 15 is 0 Å². The van der Waals surface area contributed by atoms with Crippen LogP contribution in [0.25, 0.3) is 0 Å². The van der Waals surface area contributed by atoms with Crippen LogP contribution in [0.15, 0.2) is 18.2 Å². The zero-order valence-corrected chi connectivity index (χ0v) is 11.6. The van der Waals surface area contributed by atoms with Gasteiger partial charge in [0.05, 0.1) is 6.54 Å². The smallest absolute Gasteiger partial charge is 0.354 e. The minimum Gasteiger partial charge on any atom is -0.477 e. The molecule has 0 aliphatic heterocycles. The highest BCUT2D eigenvalue weighted by Gasteiger charge is 2.21. The van der Waals surface area contributed by atoms with E-state index in [1.165, 1.54) is 18.2 Å². The fourth-order valence-corrected chi connectivity index (χ4v) is 1.24. The van der Waals surface area contributed by atoms with Crippen LogP contribution < -0.4 is 10.6 Å². The molecule has 0 bridgehead atoms. The molecule has 0 spiro atoms. The van der Waals surface area contributed by atoms with Gasteiger partial charge in [-0.1, -0.05) is 26.8 Å². The van der Waals surface area contributed by atoms with E-state index in [1.807, 2.05) is 0 Å². The Hall–Kier alpha value is -2.44. The topological polar surface area (TPSA) is 108 Å². The summed E-state index contributed by atoms with van der Waals surface area (Å²) < 4.78 is 0. The molecule has 3 N–H and O–H groups in total. The van der Waals surface area contributed by atoms with Gasteiger partial charge in [0.25, 0.3) is 0 Å². The first-order valence-electron chi connectivity index (χ1n) is 5.98. The van der Waals surface area contributed by atoms with Gasteiger partial charge in [0.2, 0.25) is 11.8 Å². The Morgan fingerprint density at radius 3 is 2.45 bits per heavy atom. The highest BCUT2D eigenvalue weighted by atomic mass is 16.4. The predicted octanol–water partition coefficient (Wildman–Crippen LogP) is 0.881. The molecule has 0 radical (unpaired) electrons. The molecule has 0 aliphatic carbocycles. The molecule has 0 aliphatic rings. The van der Waals surface area contributed by atoms with Crippen LogP contribution >= 0.6 is 0 Å². The van der Waals surface area contributed by atoms with Gasteiger partial charge in [-0.3, -0.25) is 9.59 Å². The van der Waals surface area contributed by atoms with E-state index < -0.39 is 17.3 Å². The van der Waals surface area contributed by atoms with Crippen molar-refractivity contribution in [1.82, 2.24) is 10.3 Å². The van der Waals surface area contributed by atoms with Crippen molar-refractivity contribution in [2.24, 2.45) is 5.41 Å². The average Bonchev–Trinajstić information content (AvgIpc) is 2.35. The molecule has 1 rings (SSSR count). The summed E-state index contributed by atoms with van der Waals surface area (Å²) in [5.74, 6) is -1.78. The van der Waals surface area contributed by atoms with Crippen molar-refractivity contribution in [2.75, 3.05) is 11.9 Å². The van der Waals surface area contributed by atoms with Crippen LogP contribution in [0.3, 0.4) is 0 Å². The summed E-state index contributed by atoms with van der Waals surface area (Å²) in [4.78, 5) is 37.7. The lowest BCUT2D eigenvalue weighted by atomic mass is 9.96. The fourth-order valence-electron chi connectivity index (χ4n) is 1.24. The van der Waals surface area contributed by atoms with E-state index in [0.717, 1.165) is 0 Å². The van der Waals surface area contributed by atoms with Crippen LogP contribution in [-0.4, -0.2) is 34.4 Å². The third-order valence-electron chi connectivity index (χ3n) is 2.33. The molecule has 7 heteroatoms. The van der Waals surface area contributed by atoms with Crippen molar-refractivity contribution in [3.63, 3.8) is 0 Å². The Balaban J connectivity index is 2.57. The van der Waals surface area contributed by atoms with Gasteiger partial charge >= 0.3 is 5.97 Å². The van der Waals surface area contributed by atoms with Crippen molar-refractivity contribution >= 4 is 23.6 Å². The van der Waals surface area contributed by atoms with Gasteiger partial charge in [-0.2, -0.15) is 0 Å².